The molecule has 0 saturated carbocycles. The van der Waals surface area contributed by atoms with Crippen LogP contribution >= 0.6 is 22.9 Å². The minimum atomic E-state index is -3.63. The van der Waals surface area contributed by atoms with Gasteiger partial charge in [-0.1, -0.05) is 23.7 Å². The van der Waals surface area contributed by atoms with Gasteiger partial charge in [0.1, 0.15) is 10.0 Å². The van der Waals surface area contributed by atoms with Crippen LogP contribution in [0.1, 0.15) is 5.56 Å². The molecule has 0 atom stereocenters. The highest BCUT2D eigenvalue weighted by molar-refractivity contribution is 7.94. The second-order valence-electron chi connectivity index (χ2n) is 4.67. The van der Waals surface area contributed by atoms with Gasteiger partial charge < -0.3 is 0 Å². The molecule has 0 bridgehead atoms. The average molecular weight is 372 g/mol. The Morgan fingerprint density at radius 1 is 1.30 bits per heavy atom. The van der Waals surface area contributed by atoms with Crippen LogP contribution in [0.2, 0.25) is 5.02 Å². The molecule has 0 radical (unpaired) electrons. The van der Waals surface area contributed by atoms with Crippen LogP contribution < -0.4 is 4.72 Å². The van der Waals surface area contributed by atoms with Crippen LogP contribution in [0.15, 0.2) is 52.2 Å². The molecule has 0 aliphatic carbocycles. The summed E-state index contributed by atoms with van der Waals surface area (Å²) < 4.78 is 41.4. The van der Waals surface area contributed by atoms with E-state index in [1.165, 1.54) is 22.9 Å². The number of thiophene rings is 1. The predicted octanol–water partition coefficient (Wildman–Crippen LogP) is 3.59. The second kappa shape index (κ2) is 6.31. The third kappa shape index (κ3) is 3.72. The minimum Gasteiger partial charge on any atom is -0.266 e. The topological polar surface area (TPSA) is 64.0 Å². The Bertz CT molecular complexity index is 923. The summed E-state index contributed by atoms with van der Waals surface area (Å²) in [6, 6.07) is 8.82. The Morgan fingerprint density at radius 3 is 2.83 bits per heavy atom. The average Bonchev–Trinajstić information content (AvgIpc) is 3.13. The molecule has 0 aliphatic rings. The van der Waals surface area contributed by atoms with E-state index in [4.69, 9.17) is 11.6 Å². The first-order valence-electron chi connectivity index (χ1n) is 6.48. The lowest BCUT2D eigenvalue weighted by atomic mass is 10.2. The van der Waals surface area contributed by atoms with Crippen LogP contribution in [0, 0.1) is 5.82 Å². The molecule has 0 aliphatic heterocycles. The van der Waals surface area contributed by atoms with Crippen LogP contribution in [-0.2, 0) is 16.6 Å². The molecule has 9 heteroatoms. The van der Waals surface area contributed by atoms with Gasteiger partial charge in [-0.3, -0.25) is 9.40 Å². The van der Waals surface area contributed by atoms with Gasteiger partial charge in [0.25, 0.3) is 10.0 Å². The van der Waals surface area contributed by atoms with Gasteiger partial charge in [0.05, 0.1) is 6.54 Å². The van der Waals surface area contributed by atoms with Crippen LogP contribution in [-0.4, -0.2) is 18.2 Å². The molecule has 0 fully saturated rings. The summed E-state index contributed by atoms with van der Waals surface area (Å²) in [5, 5.41) is 6.12. The molecule has 0 saturated heterocycles. The van der Waals surface area contributed by atoms with Gasteiger partial charge in [0, 0.05) is 17.3 Å². The number of nitrogens with one attached hydrogen (secondary N) is 1. The lowest BCUT2D eigenvalue weighted by Crippen LogP contribution is -2.12. The Kier molecular flexibility index (Phi) is 4.38. The van der Waals surface area contributed by atoms with Crippen molar-refractivity contribution < 1.29 is 12.8 Å². The van der Waals surface area contributed by atoms with Crippen LogP contribution in [0.25, 0.3) is 0 Å². The van der Waals surface area contributed by atoms with Crippen molar-refractivity contribution in [2.45, 2.75) is 10.8 Å². The molecular formula is C14H11ClFN3O2S2. The van der Waals surface area contributed by atoms with Gasteiger partial charge in [-0.05, 0) is 29.1 Å². The number of sulfonamides is 1. The fourth-order valence-corrected chi connectivity index (χ4v) is 4.15. The summed E-state index contributed by atoms with van der Waals surface area (Å²) in [6.07, 6.45) is 1.62. The first-order valence-corrected chi connectivity index (χ1v) is 9.22. The highest BCUT2D eigenvalue weighted by atomic mass is 35.5. The Labute approximate surface area is 141 Å². The predicted molar refractivity (Wildman–Crippen MR) is 87.9 cm³/mol. The molecule has 120 valence electrons. The van der Waals surface area contributed by atoms with E-state index in [-0.39, 0.29) is 10.0 Å². The number of nitrogens with zero attached hydrogens (tertiary/aromatic N) is 2. The molecule has 0 unspecified atom stereocenters. The van der Waals surface area contributed by atoms with E-state index in [0.717, 1.165) is 11.3 Å². The van der Waals surface area contributed by atoms with Crippen LogP contribution in [0.4, 0.5) is 10.2 Å². The summed E-state index contributed by atoms with van der Waals surface area (Å²) in [4.78, 5) is 0. The van der Waals surface area contributed by atoms with E-state index in [9.17, 15) is 12.8 Å². The monoisotopic (exact) mass is 371 g/mol. The quantitative estimate of drug-likeness (QED) is 0.745. The summed E-state index contributed by atoms with van der Waals surface area (Å²) >= 11 is 7.09. The van der Waals surface area contributed by atoms with Crippen molar-refractivity contribution in [1.29, 1.82) is 0 Å². The summed E-state index contributed by atoms with van der Waals surface area (Å²) in [7, 11) is -3.63. The third-order valence-corrected chi connectivity index (χ3v) is 6.09. The zero-order valence-electron chi connectivity index (χ0n) is 11.6. The molecule has 2 aromatic heterocycles. The van der Waals surface area contributed by atoms with E-state index >= 15 is 0 Å². The van der Waals surface area contributed by atoms with Crippen molar-refractivity contribution in [1.82, 2.24) is 9.78 Å². The van der Waals surface area contributed by atoms with Crippen molar-refractivity contribution in [2.75, 3.05) is 4.72 Å². The standard InChI is InChI=1S/C14H11ClFN3O2S2/c15-12-8-11(16)4-3-10(12)9-19-6-5-13(17-19)18-23(20,21)14-2-1-7-22-14/h1-8H,9H2,(H,17,18). The lowest BCUT2D eigenvalue weighted by molar-refractivity contribution is 0.602. The normalized spacial score (nSPS) is 11.6. The van der Waals surface area contributed by atoms with Crippen molar-refractivity contribution in [3.63, 3.8) is 0 Å². The molecule has 0 amide bonds. The maximum absolute atomic E-state index is 13.0. The number of hydrogen-bond acceptors (Lipinski definition) is 4. The fraction of sp³-hybridized carbons (Fsp3) is 0.0714. The molecule has 1 aromatic carbocycles. The van der Waals surface area contributed by atoms with Gasteiger partial charge in [-0.2, -0.15) is 5.10 Å². The number of hydrogen-bond donors (Lipinski definition) is 1. The highest BCUT2D eigenvalue weighted by Gasteiger charge is 2.16. The smallest absolute Gasteiger partial charge is 0.266 e. The number of rotatable bonds is 5. The Hall–Kier alpha value is -1.90. The summed E-state index contributed by atoms with van der Waals surface area (Å²) in [6.45, 7) is 0.305. The van der Waals surface area contributed by atoms with Crippen molar-refractivity contribution in [2.24, 2.45) is 0 Å². The number of halogens is 2. The van der Waals surface area contributed by atoms with E-state index in [2.05, 4.69) is 9.82 Å². The maximum atomic E-state index is 13.0. The van der Waals surface area contributed by atoms with Crippen molar-refractivity contribution in [3.05, 3.63) is 64.4 Å². The van der Waals surface area contributed by atoms with E-state index in [1.807, 2.05) is 0 Å². The first-order chi connectivity index (χ1) is 10.9. The molecule has 3 aromatic rings. The van der Waals surface area contributed by atoms with E-state index in [0.29, 0.717) is 17.1 Å². The first kappa shape index (κ1) is 16.0. The van der Waals surface area contributed by atoms with Crippen LogP contribution in [0.3, 0.4) is 0 Å². The summed E-state index contributed by atoms with van der Waals surface area (Å²) in [5.41, 5.74) is 0.684. The second-order valence-corrected chi connectivity index (χ2v) is 7.94. The third-order valence-electron chi connectivity index (χ3n) is 2.99. The van der Waals surface area contributed by atoms with Crippen molar-refractivity contribution in [3.8, 4) is 0 Å². The largest absolute Gasteiger partial charge is 0.272 e. The zero-order chi connectivity index (χ0) is 16.4. The van der Waals surface area contributed by atoms with Gasteiger partial charge in [-0.25, -0.2) is 12.8 Å². The van der Waals surface area contributed by atoms with E-state index in [1.54, 1.807) is 29.8 Å². The highest BCUT2D eigenvalue weighted by Crippen LogP contribution is 2.21. The maximum Gasteiger partial charge on any atom is 0.272 e. The molecular weight excluding hydrogens is 361 g/mol. The SMILES string of the molecule is O=S(=O)(Nc1ccn(Cc2ccc(F)cc2Cl)n1)c1cccs1. The molecule has 23 heavy (non-hydrogen) atoms. The molecule has 5 nitrogen and oxygen atoms in total. The Morgan fingerprint density at radius 2 is 2.13 bits per heavy atom. The van der Waals surface area contributed by atoms with Crippen molar-refractivity contribution >= 4 is 38.8 Å². The summed E-state index contributed by atoms with van der Waals surface area (Å²) in [5.74, 6) is -0.208. The van der Waals surface area contributed by atoms with E-state index < -0.39 is 15.8 Å². The fourth-order valence-electron chi connectivity index (χ4n) is 1.93. The number of anilines is 1. The van der Waals surface area contributed by atoms with Gasteiger partial charge in [0.15, 0.2) is 5.82 Å². The zero-order valence-corrected chi connectivity index (χ0v) is 14.0. The number of aromatic nitrogens is 2. The lowest BCUT2D eigenvalue weighted by Gasteiger charge is -2.05. The van der Waals surface area contributed by atoms with Crippen LogP contribution in [0.5, 0.6) is 0 Å². The molecule has 2 heterocycles. The Balaban J connectivity index is 1.76. The minimum absolute atomic E-state index is 0.205. The molecule has 3 rings (SSSR count). The molecule has 0 spiro atoms. The van der Waals surface area contributed by atoms with Gasteiger partial charge in [-0.15, -0.1) is 11.3 Å². The number of benzene rings is 1. The van der Waals surface area contributed by atoms with Gasteiger partial charge in [0.2, 0.25) is 0 Å². The molecule has 1 N–H and O–H groups in total. The van der Waals surface area contributed by atoms with Gasteiger partial charge >= 0.3 is 0 Å².